The fraction of sp³-hybridized carbons (Fsp3) is 0.368. The van der Waals surface area contributed by atoms with Crippen molar-refractivity contribution in [1.82, 2.24) is 15.2 Å². The third kappa shape index (κ3) is 2.40. The molecule has 2 fully saturated rings. The molecule has 5 heteroatoms. The molecule has 2 aromatic rings. The third-order valence-corrected chi connectivity index (χ3v) is 5.26. The van der Waals surface area contributed by atoms with Crippen LogP contribution in [-0.4, -0.2) is 34.9 Å². The van der Waals surface area contributed by atoms with E-state index in [-0.39, 0.29) is 17.8 Å². The molecule has 2 aliphatic heterocycles. The van der Waals surface area contributed by atoms with Gasteiger partial charge in [0, 0.05) is 25.4 Å². The summed E-state index contributed by atoms with van der Waals surface area (Å²) in [6.45, 7) is 0.793. The van der Waals surface area contributed by atoms with Crippen molar-refractivity contribution < 1.29 is 9.18 Å². The largest absolute Gasteiger partial charge is 0.344 e. The first-order valence-electron chi connectivity index (χ1n) is 8.33. The molecule has 0 saturated carbocycles. The number of nitrogens with one attached hydrogen (secondary N) is 1. The molecule has 1 spiro atoms. The first kappa shape index (κ1) is 15.3. The van der Waals surface area contributed by atoms with Crippen LogP contribution in [0.25, 0.3) is 11.1 Å². The zero-order valence-electron chi connectivity index (χ0n) is 13.6. The molecule has 1 aromatic heterocycles. The van der Waals surface area contributed by atoms with Gasteiger partial charge in [0.05, 0.1) is 11.7 Å². The Balaban J connectivity index is 1.62. The van der Waals surface area contributed by atoms with E-state index >= 15 is 0 Å². The molecule has 24 heavy (non-hydrogen) atoms. The van der Waals surface area contributed by atoms with Gasteiger partial charge >= 0.3 is 0 Å². The quantitative estimate of drug-likeness (QED) is 0.923. The lowest BCUT2D eigenvalue weighted by Gasteiger charge is -2.23. The minimum Gasteiger partial charge on any atom is -0.344 e. The summed E-state index contributed by atoms with van der Waals surface area (Å²) in [5, 5.41) is 3.51. The molecule has 4 rings (SSSR count). The number of benzene rings is 1. The average Bonchev–Trinajstić information content (AvgIpc) is 3.16. The van der Waals surface area contributed by atoms with Gasteiger partial charge in [0.25, 0.3) is 0 Å². The molecule has 0 unspecified atom stereocenters. The predicted molar refractivity (Wildman–Crippen MR) is 89.7 cm³/mol. The maximum absolute atomic E-state index is 14.0. The second kappa shape index (κ2) is 5.67. The van der Waals surface area contributed by atoms with Crippen molar-refractivity contribution in [3.63, 3.8) is 0 Å². The van der Waals surface area contributed by atoms with E-state index in [1.54, 1.807) is 23.2 Å². The summed E-state index contributed by atoms with van der Waals surface area (Å²) >= 11 is 0. The lowest BCUT2D eigenvalue weighted by atomic mass is 9.96. The van der Waals surface area contributed by atoms with E-state index in [2.05, 4.69) is 10.3 Å². The maximum atomic E-state index is 14.0. The number of likely N-dealkylation sites (N-methyl/N-ethyl adjacent to an activating group) is 1. The van der Waals surface area contributed by atoms with Crippen molar-refractivity contribution in [2.75, 3.05) is 13.6 Å². The summed E-state index contributed by atoms with van der Waals surface area (Å²) in [5.74, 6) is -0.0617. The summed E-state index contributed by atoms with van der Waals surface area (Å²) in [5.41, 5.74) is 1.82. The highest BCUT2D eigenvalue weighted by Crippen LogP contribution is 2.39. The number of nitrogens with zero attached hydrogens (tertiary/aromatic N) is 2. The van der Waals surface area contributed by atoms with E-state index in [1.807, 2.05) is 25.2 Å². The summed E-state index contributed by atoms with van der Waals surface area (Å²) in [7, 11) is 1.85. The van der Waals surface area contributed by atoms with E-state index in [0.717, 1.165) is 37.1 Å². The van der Waals surface area contributed by atoms with Crippen LogP contribution in [0.3, 0.4) is 0 Å². The summed E-state index contributed by atoms with van der Waals surface area (Å²) in [6, 6.07) is 10.5. The van der Waals surface area contributed by atoms with Gasteiger partial charge in [0.1, 0.15) is 11.4 Å². The first-order valence-corrected chi connectivity index (χ1v) is 8.33. The lowest BCUT2D eigenvalue weighted by molar-refractivity contribution is -0.131. The maximum Gasteiger partial charge on any atom is 0.242 e. The molecule has 0 aliphatic carbocycles. The molecule has 2 saturated heterocycles. The van der Waals surface area contributed by atoms with E-state index < -0.39 is 5.54 Å². The van der Waals surface area contributed by atoms with Crippen molar-refractivity contribution in [3.8, 4) is 11.1 Å². The van der Waals surface area contributed by atoms with Crippen molar-refractivity contribution in [2.24, 2.45) is 0 Å². The van der Waals surface area contributed by atoms with Gasteiger partial charge < -0.3 is 4.90 Å². The Morgan fingerprint density at radius 1 is 1.29 bits per heavy atom. The van der Waals surface area contributed by atoms with Crippen molar-refractivity contribution >= 4 is 5.91 Å². The fourth-order valence-electron chi connectivity index (χ4n) is 3.89. The standard InChI is InChI=1S/C19H20FN3O/c1-23-11-9-19(18(23)24)8-6-16(22-19)17-12-13(7-10-21-17)14-4-2-3-5-15(14)20/h2-5,7,10,12,16,22H,6,8-9,11H2,1H3/t16-,19-/m1/s1. The molecular formula is C19H20FN3O. The van der Waals surface area contributed by atoms with Gasteiger partial charge in [-0.05, 0) is 43.0 Å². The van der Waals surface area contributed by atoms with Crippen LogP contribution in [-0.2, 0) is 4.79 Å². The average molecular weight is 325 g/mol. The number of carbonyl (C=O) groups is 1. The predicted octanol–water partition coefficient (Wildman–Crippen LogP) is 2.91. The van der Waals surface area contributed by atoms with Crippen LogP contribution < -0.4 is 5.32 Å². The van der Waals surface area contributed by atoms with E-state index in [0.29, 0.717) is 5.56 Å². The zero-order chi connectivity index (χ0) is 16.7. The van der Waals surface area contributed by atoms with E-state index in [1.165, 1.54) is 6.07 Å². The molecule has 2 aliphatic rings. The Hall–Kier alpha value is -2.27. The van der Waals surface area contributed by atoms with Crippen LogP contribution in [0, 0.1) is 5.82 Å². The lowest BCUT2D eigenvalue weighted by Crippen LogP contribution is -2.47. The monoisotopic (exact) mass is 325 g/mol. The number of hydrogen-bond acceptors (Lipinski definition) is 3. The number of amides is 1. The Labute approximate surface area is 140 Å². The van der Waals surface area contributed by atoms with Crippen LogP contribution in [0.15, 0.2) is 42.6 Å². The molecule has 1 aromatic carbocycles. The second-order valence-electron chi connectivity index (χ2n) is 6.74. The van der Waals surface area contributed by atoms with E-state index in [9.17, 15) is 9.18 Å². The molecule has 1 N–H and O–H groups in total. The number of halogens is 1. The first-order chi connectivity index (χ1) is 11.6. The molecular weight excluding hydrogens is 305 g/mol. The minimum atomic E-state index is -0.435. The molecule has 2 atom stereocenters. The highest BCUT2D eigenvalue weighted by molar-refractivity contribution is 5.88. The SMILES string of the molecule is CN1CC[C@]2(CC[C@H](c3cc(-c4ccccc4F)ccn3)N2)C1=O. The molecule has 0 bridgehead atoms. The van der Waals surface area contributed by atoms with Crippen LogP contribution in [0.4, 0.5) is 4.39 Å². The number of carbonyl (C=O) groups excluding carboxylic acids is 1. The summed E-state index contributed by atoms with van der Waals surface area (Å²) in [6.07, 6.45) is 4.25. The van der Waals surface area contributed by atoms with Crippen molar-refractivity contribution in [3.05, 3.63) is 54.1 Å². The van der Waals surface area contributed by atoms with E-state index in [4.69, 9.17) is 0 Å². The molecule has 1 amide bonds. The van der Waals surface area contributed by atoms with Gasteiger partial charge in [-0.25, -0.2) is 4.39 Å². The fourth-order valence-corrected chi connectivity index (χ4v) is 3.89. The van der Waals surface area contributed by atoms with Crippen molar-refractivity contribution in [2.45, 2.75) is 30.8 Å². The van der Waals surface area contributed by atoms with Gasteiger partial charge in [-0.3, -0.25) is 15.1 Å². The Morgan fingerprint density at radius 2 is 2.12 bits per heavy atom. The Kier molecular flexibility index (Phi) is 3.61. The van der Waals surface area contributed by atoms with Crippen LogP contribution >= 0.6 is 0 Å². The van der Waals surface area contributed by atoms with Gasteiger partial charge in [-0.2, -0.15) is 0 Å². The summed E-state index contributed by atoms with van der Waals surface area (Å²) in [4.78, 5) is 18.7. The highest BCUT2D eigenvalue weighted by atomic mass is 19.1. The highest BCUT2D eigenvalue weighted by Gasteiger charge is 2.50. The normalized spacial score (nSPS) is 26.5. The molecule has 4 nitrogen and oxygen atoms in total. The molecule has 0 radical (unpaired) electrons. The molecule has 124 valence electrons. The third-order valence-electron chi connectivity index (χ3n) is 5.26. The van der Waals surface area contributed by atoms with Crippen molar-refractivity contribution in [1.29, 1.82) is 0 Å². The van der Waals surface area contributed by atoms with Crippen LogP contribution in [0.1, 0.15) is 31.0 Å². The Bertz CT molecular complexity index is 794. The van der Waals surface area contributed by atoms with Crippen LogP contribution in [0.5, 0.6) is 0 Å². The summed E-state index contributed by atoms with van der Waals surface area (Å²) < 4.78 is 14.0. The number of aromatic nitrogens is 1. The smallest absolute Gasteiger partial charge is 0.242 e. The number of pyridine rings is 1. The molecule has 3 heterocycles. The minimum absolute atomic E-state index is 0.0344. The number of rotatable bonds is 2. The van der Waals surface area contributed by atoms with Gasteiger partial charge in [0.15, 0.2) is 0 Å². The second-order valence-corrected chi connectivity index (χ2v) is 6.74. The number of hydrogen-bond donors (Lipinski definition) is 1. The van der Waals surface area contributed by atoms with Crippen LogP contribution in [0.2, 0.25) is 0 Å². The van der Waals surface area contributed by atoms with Gasteiger partial charge in [-0.15, -0.1) is 0 Å². The Morgan fingerprint density at radius 3 is 2.88 bits per heavy atom. The zero-order valence-corrected chi connectivity index (χ0v) is 13.6. The number of likely N-dealkylation sites (tertiary alicyclic amines) is 1. The topological polar surface area (TPSA) is 45.2 Å². The van der Waals surface area contributed by atoms with Gasteiger partial charge in [0.2, 0.25) is 5.91 Å². The van der Waals surface area contributed by atoms with Gasteiger partial charge in [-0.1, -0.05) is 18.2 Å².